The summed E-state index contributed by atoms with van der Waals surface area (Å²) >= 11 is 0. The van der Waals surface area contributed by atoms with Crippen LogP contribution in [-0.2, 0) is 16.1 Å². The second-order valence-corrected chi connectivity index (χ2v) is 5.15. The zero-order valence-corrected chi connectivity index (χ0v) is 12.6. The Morgan fingerprint density at radius 3 is 2.96 bits per heavy atom. The van der Waals surface area contributed by atoms with Crippen molar-refractivity contribution in [3.05, 3.63) is 38.3 Å². The van der Waals surface area contributed by atoms with Crippen LogP contribution in [0.3, 0.4) is 0 Å². The fourth-order valence-electron chi connectivity index (χ4n) is 2.36. The third-order valence-corrected chi connectivity index (χ3v) is 3.66. The van der Waals surface area contributed by atoms with Crippen molar-refractivity contribution in [2.75, 3.05) is 19.7 Å². The van der Waals surface area contributed by atoms with Crippen LogP contribution < -0.4 is 5.56 Å². The molecular formula is C14H16N4O5. The van der Waals surface area contributed by atoms with Gasteiger partial charge in [-0.3, -0.25) is 24.3 Å². The fourth-order valence-corrected chi connectivity index (χ4v) is 2.36. The Kier molecular flexibility index (Phi) is 5.08. The monoisotopic (exact) mass is 320 g/mol. The average molecular weight is 320 g/mol. The van der Waals surface area contributed by atoms with E-state index in [1.807, 2.05) is 6.92 Å². The highest BCUT2D eigenvalue weighted by Gasteiger charge is 2.24. The Bertz CT molecular complexity index is 721. The molecule has 0 aromatic carbocycles. The maximum Gasteiger partial charge on any atom is 0.287 e. The minimum absolute atomic E-state index is 0.0517. The molecule has 9 nitrogen and oxygen atoms in total. The van der Waals surface area contributed by atoms with Gasteiger partial charge in [0.2, 0.25) is 5.91 Å². The molecular weight excluding hydrogens is 304 g/mol. The standard InChI is InChI=1S/C14H16N4O5/c1-2-12-8-16(3-4-23-12)13(19)9-17-7-11(18(21)22)5-10(6-15)14(17)20/h5,7,12H,2-4,8-9H2,1H3. The van der Waals surface area contributed by atoms with Crippen molar-refractivity contribution in [1.29, 1.82) is 5.26 Å². The van der Waals surface area contributed by atoms with Crippen LogP contribution in [0.5, 0.6) is 0 Å². The van der Waals surface area contributed by atoms with E-state index in [1.165, 1.54) is 0 Å². The number of morpholine rings is 1. The van der Waals surface area contributed by atoms with Crippen LogP contribution in [-0.4, -0.2) is 46.1 Å². The average Bonchev–Trinajstić information content (AvgIpc) is 2.56. The Morgan fingerprint density at radius 2 is 2.35 bits per heavy atom. The highest BCUT2D eigenvalue weighted by atomic mass is 16.6. The Balaban J connectivity index is 2.24. The van der Waals surface area contributed by atoms with E-state index >= 15 is 0 Å². The lowest BCUT2D eigenvalue weighted by Crippen LogP contribution is -2.47. The van der Waals surface area contributed by atoms with E-state index in [2.05, 4.69) is 0 Å². The van der Waals surface area contributed by atoms with Crippen molar-refractivity contribution in [2.45, 2.75) is 26.0 Å². The number of ether oxygens (including phenoxy) is 1. The molecule has 1 saturated heterocycles. The summed E-state index contributed by atoms with van der Waals surface area (Å²) in [6.07, 6.45) is 1.70. The molecule has 1 atom stereocenters. The first-order chi connectivity index (χ1) is 11.0. The van der Waals surface area contributed by atoms with E-state index in [-0.39, 0.29) is 24.1 Å². The normalized spacial score (nSPS) is 17.6. The topological polar surface area (TPSA) is 118 Å². The zero-order chi connectivity index (χ0) is 17.0. The van der Waals surface area contributed by atoms with E-state index in [0.717, 1.165) is 23.3 Å². The molecule has 0 bridgehead atoms. The Labute approximate surface area is 131 Å². The molecule has 2 rings (SSSR count). The lowest BCUT2D eigenvalue weighted by molar-refractivity contribution is -0.385. The molecule has 1 amide bonds. The lowest BCUT2D eigenvalue weighted by Gasteiger charge is -2.32. The molecule has 0 N–H and O–H groups in total. The first kappa shape index (κ1) is 16.6. The third-order valence-electron chi connectivity index (χ3n) is 3.66. The van der Waals surface area contributed by atoms with Crippen molar-refractivity contribution < 1.29 is 14.5 Å². The molecule has 2 heterocycles. The van der Waals surface area contributed by atoms with Gasteiger partial charge in [-0.1, -0.05) is 6.92 Å². The summed E-state index contributed by atoms with van der Waals surface area (Å²) in [5, 5.41) is 19.8. The zero-order valence-electron chi connectivity index (χ0n) is 12.6. The van der Waals surface area contributed by atoms with E-state index < -0.39 is 16.2 Å². The predicted molar refractivity (Wildman–Crippen MR) is 78.7 cm³/mol. The number of hydrogen-bond donors (Lipinski definition) is 0. The van der Waals surface area contributed by atoms with Crippen molar-refractivity contribution in [3.8, 4) is 6.07 Å². The second-order valence-electron chi connectivity index (χ2n) is 5.15. The maximum atomic E-state index is 12.3. The molecule has 0 aliphatic carbocycles. The van der Waals surface area contributed by atoms with Gasteiger partial charge in [0.15, 0.2) is 0 Å². The van der Waals surface area contributed by atoms with E-state index in [4.69, 9.17) is 10.00 Å². The van der Waals surface area contributed by atoms with E-state index in [1.54, 1.807) is 11.0 Å². The Morgan fingerprint density at radius 1 is 1.61 bits per heavy atom. The van der Waals surface area contributed by atoms with Crippen molar-refractivity contribution in [2.24, 2.45) is 0 Å². The molecule has 1 aromatic heterocycles. The van der Waals surface area contributed by atoms with Gasteiger partial charge < -0.3 is 9.64 Å². The number of carbonyl (C=O) groups excluding carboxylic acids is 1. The van der Waals surface area contributed by atoms with Gasteiger partial charge in [0, 0.05) is 19.2 Å². The minimum atomic E-state index is -0.716. The predicted octanol–water partition coefficient (Wildman–Crippen LogP) is 0.266. The number of hydrogen-bond acceptors (Lipinski definition) is 6. The highest BCUT2D eigenvalue weighted by molar-refractivity contribution is 5.76. The summed E-state index contributed by atoms with van der Waals surface area (Å²) in [7, 11) is 0. The summed E-state index contributed by atoms with van der Waals surface area (Å²) in [6.45, 7) is 2.85. The molecule has 1 unspecified atom stereocenters. The third kappa shape index (κ3) is 3.73. The van der Waals surface area contributed by atoms with Gasteiger partial charge in [0.25, 0.3) is 11.2 Å². The lowest BCUT2D eigenvalue weighted by atomic mass is 10.2. The highest BCUT2D eigenvalue weighted by Crippen LogP contribution is 2.12. The van der Waals surface area contributed by atoms with E-state index in [0.29, 0.717) is 19.7 Å². The van der Waals surface area contributed by atoms with Gasteiger partial charge in [-0.25, -0.2) is 0 Å². The van der Waals surface area contributed by atoms with Gasteiger partial charge in [-0.15, -0.1) is 0 Å². The molecule has 0 spiro atoms. The van der Waals surface area contributed by atoms with Crippen molar-refractivity contribution >= 4 is 11.6 Å². The number of amides is 1. The van der Waals surface area contributed by atoms with Gasteiger partial charge in [0.1, 0.15) is 18.2 Å². The number of nitrogens with zero attached hydrogens (tertiary/aromatic N) is 4. The molecule has 1 aromatic rings. The summed E-state index contributed by atoms with van der Waals surface area (Å²) in [6, 6.07) is 2.53. The van der Waals surface area contributed by atoms with Crippen molar-refractivity contribution in [3.63, 3.8) is 0 Å². The molecule has 1 aliphatic rings. The molecule has 122 valence electrons. The van der Waals surface area contributed by atoms with Crippen LogP contribution in [0.15, 0.2) is 17.1 Å². The molecule has 0 radical (unpaired) electrons. The van der Waals surface area contributed by atoms with Crippen LogP contribution in [0.1, 0.15) is 18.9 Å². The first-order valence-electron chi connectivity index (χ1n) is 7.14. The number of carbonyl (C=O) groups is 1. The van der Waals surface area contributed by atoms with E-state index in [9.17, 15) is 19.7 Å². The minimum Gasteiger partial charge on any atom is -0.375 e. The van der Waals surface area contributed by atoms with Crippen LogP contribution in [0.2, 0.25) is 0 Å². The summed E-state index contributed by atoms with van der Waals surface area (Å²) in [4.78, 5) is 36.1. The first-order valence-corrected chi connectivity index (χ1v) is 7.14. The van der Waals surface area contributed by atoms with Gasteiger partial charge >= 0.3 is 0 Å². The quantitative estimate of drug-likeness (QED) is 0.580. The number of nitro groups is 1. The van der Waals surface area contributed by atoms with Crippen LogP contribution >= 0.6 is 0 Å². The van der Waals surface area contributed by atoms with Crippen LogP contribution in [0.25, 0.3) is 0 Å². The number of pyridine rings is 1. The van der Waals surface area contributed by atoms with Gasteiger partial charge in [-0.2, -0.15) is 5.26 Å². The number of aromatic nitrogens is 1. The SMILES string of the molecule is CCC1CN(C(=O)Cn2cc([N+](=O)[O-])cc(C#N)c2=O)CCO1. The maximum absolute atomic E-state index is 12.3. The molecule has 9 heteroatoms. The largest absolute Gasteiger partial charge is 0.375 e. The Hall–Kier alpha value is -2.73. The van der Waals surface area contributed by atoms with Crippen LogP contribution in [0.4, 0.5) is 5.69 Å². The molecule has 1 fully saturated rings. The molecule has 0 saturated carbocycles. The second kappa shape index (κ2) is 7.02. The van der Waals surface area contributed by atoms with Gasteiger partial charge in [-0.05, 0) is 6.42 Å². The fraction of sp³-hybridized carbons (Fsp3) is 0.500. The van der Waals surface area contributed by atoms with Crippen molar-refractivity contribution in [1.82, 2.24) is 9.47 Å². The molecule has 23 heavy (non-hydrogen) atoms. The number of nitriles is 1. The van der Waals surface area contributed by atoms with Crippen LogP contribution in [0, 0.1) is 21.4 Å². The molecule has 1 aliphatic heterocycles. The van der Waals surface area contributed by atoms with Gasteiger partial charge in [0.05, 0.1) is 23.8 Å². The summed E-state index contributed by atoms with van der Waals surface area (Å²) < 4.78 is 6.39. The summed E-state index contributed by atoms with van der Waals surface area (Å²) in [5.41, 5.74) is -1.48. The summed E-state index contributed by atoms with van der Waals surface area (Å²) in [5.74, 6) is -0.335. The smallest absolute Gasteiger partial charge is 0.287 e. The number of rotatable bonds is 4.